The van der Waals surface area contributed by atoms with Crippen LogP contribution in [-0.2, 0) is 11.3 Å². The first kappa shape index (κ1) is 12.9. The van der Waals surface area contributed by atoms with Gasteiger partial charge < -0.3 is 4.74 Å². The molecule has 0 aliphatic carbocycles. The van der Waals surface area contributed by atoms with Crippen molar-refractivity contribution in [3.05, 3.63) is 60.2 Å². The summed E-state index contributed by atoms with van der Waals surface area (Å²) in [5.41, 5.74) is 0.568. The van der Waals surface area contributed by atoms with E-state index in [-0.39, 0.29) is 18.0 Å². The van der Waals surface area contributed by atoms with E-state index in [2.05, 4.69) is 9.72 Å². The maximum Gasteiger partial charge on any atom is 0.337 e. The molecule has 0 saturated heterocycles. The summed E-state index contributed by atoms with van der Waals surface area (Å²) < 4.78 is 6.35. The Morgan fingerprint density at radius 1 is 1.26 bits per heavy atom. The smallest absolute Gasteiger partial charge is 0.337 e. The summed E-state index contributed by atoms with van der Waals surface area (Å²) in [4.78, 5) is 27.4. The van der Waals surface area contributed by atoms with Crippen LogP contribution in [0.25, 0.3) is 0 Å². The lowest BCUT2D eigenvalue weighted by atomic mass is 10.2. The van der Waals surface area contributed by atoms with Gasteiger partial charge in [0.2, 0.25) is 12.3 Å². The zero-order valence-corrected chi connectivity index (χ0v) is 10.4. The van der Waals surface area contributed by atoms with Crippen LogP contribution in [0.3, 0.4) is 0 Å². The summed E-state index contributed by atoms with van der Waals surface area (Å²) >= 11 is 0. The molecule has 0 amide bonds. The third kappa shape index (κ3) is 3.22. The summed E-state index contributed by atoms with van der Waals surface area (Å²) in [6.07, 6.45) is 5.01. The Hall–Kier alpha value is -2.56. The van der Waals surface area contributed by atoms with Gasteiger partial charge in [-0.1, -0.05) is 6.07 Å². The predicted molar refractivity (Wildman–Crippen MR) is 66.5 cm³/mol. The zero-order chi connectivity index (χ0) is 13.7. The fourth-order valence-electron chi connectivity index (χ4n) is 1.61. The molecule has 0 aliphatic heterocycles. The molecule has 96 valence electrons. The van der Waals surface area contributed by atoms with Crippen molar-refractivity contribution in [3.63, 3.8) is 0 Å². The highest BCUT2D eigenvalue weighted by atomic mass is 16.5. The highest BCUT2D eigenvalue weighted by molar-refractivity contribution is 5.96. The van der Waals surface area contributed by atoms with Gasteiger partial charge in [-0.3, -0.25) is 9.78 Å². The van der Waals surface area contributed by atoms with E-state index in [4.69, 9.17) is 0 Å². The minimum absolute atomic E-state index is 0.165. The van der Waals surface area contributed by atoms with Crippen LogP contribution in [0.4, 0.5) is 0 Å². The third-order valence-electron chi connectivity index (χ3n) is 2.57. The second kappa shape index (κ2) is 5.86. The average molecular weight is 257 g/mol. The molecule has 0 atom stereocenters. The second-order valence-electron chi connectivity index (χ2n) is 3.89. The molecule has 2 rings (SSSR count). The summed E-state index contributed by atoms with van der Waals surface area (Å²) in [6, 6.07) is 8.50. The Balaban J connectivity index is 2.18. The van der Waals surface area contributed by atoms with Gasteiger partial charge in [-0.25, -0.2) is 4.79 Å². The van der Waals surface area contributed by atoms with Crippen LogP contribution in [0.15, 0.2) is 48.9 Å². The number of carbonyl (C=O) groups excluding carboxylic acids is 2. The van der Waals surface area contributed by atoms with Gasteiger partial charge in [-0.05, 0) is 12.1 Å². The fourth-order valence-corrected chi connectivity index (χ4v) is 1.61. The van der Waals surface area contributed by atoms with Crippen LogP contribution in [0.1, 0.15) is 20.8 Å². The summed E-state index contributed by atoms with van der Waals surface area (Å²) in [6.45, 7) is 0.179. The molecule has 0 aliphatic rings. The van der Waals surface area contributed by atoms with Gasteiger partial charge >= 0.3 is 5.97 Å². The van der Waals surface area contributed by atoms with E-state index in [9.17, 15) is 9.59 Å². The van der Waals surface area contributed by atoms with E-state index in [1.54, 1.807) is 17.0 Å². The van der Waals surface area contributed by atoms with E-state index in [1.165, 1.54) is 25.4 Å². The van der Waals surface area contributed by atoms with Crippen molar-refractivity contribution < 1.29 is 18.9 Å². The van der Waals surface area contributed by atoms with Crippen LogP contribution in [0, 0.1) is 0 Å². The van der Waals surface area contributed by atoms with Crippen LogP contribution in [0.5, 0.6) is 0 Å². The Bertz CT molecular complexity index is 597. The average Bonchev–Trinajstić information content (AvgIpc) is 2.47. The van der Waals surface area contributed by atoms with Crippen molar-refractivity contribution in [3.8, 4) is 0 Å². The van der Waals surface area contributed by atoms with Gasteiger partial charge in [-0.2, -0.15) is 4.57 Å². The van der Waals surface area contributed by atoms with Gasteiger partial charge in [0.25, 0.3) is 0 Å². The molecule has 19 heavy (non-hydrogen) atoms. The zero-order valence-electron chi connectivity index (χ0n) is 10.4. The standard InChI is InChI=1S/C14H13N2O3/c1-19-14(18)11-5-6-15-12(9-11)13(17)10-16-7-3-2-4-8-16/h2-9H,10H2,1H3/q+1. The highest BCUT2D eigenvalue weighted by Gasteiger charge is 2.15. The highest BCUT2D eigenvalue weighted by Crippen LogP contribution is 2.04. The molecular weight excluding hydrogens is 244 g/mol. The minimum Gasteiger partial charge on any atom is -0.465 e. The molecule has 5 nitrogen and oxygen atoms in total. The summed E-state index contributed by atoms with van der Waals surface area (Å²) in [5.74, 6) is -0.647. The van der Waals surface area contributed by atoms with E-state index >= 15 is 0 Å². The summed E-state index contributed by atoms with van der Waals surface area (Å²) in [5, 5.41) is 0. The van der Waals surface area contributed by atoms with Crippen molar-refractivity contribution >= 4 is 11.8 Å². The number of nitrogens with zero attached hydrogens (tertiary/aromatic N) is 2. The van der Waals surface area contributed by atoms with E-state index in [0.717, 1.165) is 0 Å². The number of hydrogen-bond acceptors (Lipinski definition) is 4. The number of hydrogen-bond donors (Lipinski definition) is 0. The van der Waals surface area contributed by atoms with Gasteiger partial charge in [0.05, 0.1) is 12.7 Å². The molecule has 5 heteroatoms. The van der Waals surface area contributed by atoms with Crippen molar-refractivity contribution in [1.29, 1.82) is 0 Å². The van der Waals surface area contributed by atoms with Gasteiger partial charge in [-0.15, -0.1) is 0 Å². The number of esters is 1. The normalized spacial score (nSPS) is 9.95. The molecular formula is C14H13N2O3+. The third-order valence-corrected chi connectivity index (χ3v) is 2.57. The molecule has 2 aromatic heterocycles. The molecule has 0 fully saturated rings. The predicted octanol–water partition coefficient (Wildman–Crippen LogP) is 1.04. The number of carbonyl (C=O) groups is 2. The van der Waals surface area contributed by atoms with Gasteiger partial charge in [0.1, 0.15) is 5.69 Å². The maximum atomic E-state index is 12.0. The Morgan fingerprint density at radius 2 is 2.00 bits per heavy atom. The number of pyridine rings is 2. The Morgan fingerprint density at radius 3 is 2.68 bits per heavy atom. The number of aromatic nitrogens is 2. The topological polar surface area (TPSA) is 60.1 Å². The molecule has 0 saturated carbocycles. The lowest BCUT2D eigenvalue weighted by Gasteiger charge is -2.01. The molecule has 0 aromatic carbocycles. The molecule has 0 unspecified atom stereocenters. The number of rotatable bonds is 4. The molecule has 0 N–H and O–H groups in total. The molecule has 2 aromatic rings. The van der Waals surface area contributed by atoms with Crippen molar-refractivity contribution in [1.82, 2.24) is 4.98 Å². The Labute approximate surface area is 110 Å². The lowest BCUT2D eigenvalue weighted by molar-refractivity contribution is -0.683. The first-order valence-electron chi connectivity index (χ1n) is 5.72. The number of ether oxygens (including phenoxy) is 1. The summed E-state index contributed by atoms with van der Waals surface area (Å²) in [7, 11) is 1.30. The lowest BCUT2D eigenvalue weighted by Crippen LogP contribution is -2.37. The number of Topliss-reactive ketones (excluding diaryl/α,β-unsaturated/α-hetero) is 1. The molecule has 2 heterocycles. The number of methoxy groups -OCH3 is 1. The Kier molecular flexibility index (Phi) is 3.97. The minimum atomic E-state index is -0.483. The monoisotopic (exact) mass is 257 g/mol. The SMILES string of the molecule is COC(=O)c1ccnc(C(=O)C[n+]2ccccc2)c1. The van der Waals surface area contributed by atoms with Crippen LogP contribution >= 0.6 is 0 Å². The first-order valence-corrected chi connectivity index (χ1v) is 5.72. The maximum absolute atomic E-state index is 12.0. The van der Waals surface area contributed by atoms with Gasteiger partial charge in [0.15, 0.2) is 12.4 Å². The van der Waals surface area contributed by atoms with Gasteiger partial charge in [0, 0.05) is 18.3 Å². The van der Waals surface area contributed by atoms with Crippen LogP contribution in [0.2, 0.25) is 0 Å². The second-order valence-corrected chi connectivity index (χ2v) is 3.89. The van der Waals surface area contributed by atoms with E-state index in [1.807, 2.05) is 18.2 Å². The van der Waals surface area contributed by atoms with Crippen molar-refractivity contribution in [2.45, 2.75) is 6.54 Å². The largest absolute Gasteiger partial charge is 0.465 e. The molecule has 0 radical (unpaired) electrons. The molecule has 0 spiro atoms. The molecule has 0 bridgehead atoms. The van der Waals surface area contributed by atoms with E-state index in [0.29, 0.717) is 5.56 Å². The van der Waals surface area contributed by atoms with Crippen molar-refractivity contribution in [2.75, 3.05) is 7.11 Å². The quantitative estimate of drug-likeness (QED) is 0.466. The fraction of sp³-hybridized carbons (Fsp3) is 0.143. The van der Waals surface area contributed by atoms with Crippen LogP contribution < -0.4 is 4.57 Å². The van der Waals surface area contributed by atoms with Crippen LogP contribution in [-0.4, -0.2) is 23.8 Å². The van der Waals surface area contributed by atoms with E-state index < -0.39 is 5.97 Å². The first-order chi connectivity index (χ1) is 9.20. The number of ketones is 1. The van der Waals surface area contributed by atoms with Crippen molar-refractivity contribution in [2.24, 2.45) is 0 Å².